The maximum atomic E-state index is 2.30. The summed E-state index contributed by atoms with van der Waals surface area (Å²) in [5.41, 5.74) is 0. The molecule has 1 aromatic heterocycles. The van der Waals surface area contributed by atoms with Crippen molar-refractivity contribution in [2.24, 2.45) is 14.1 Å². The number of hydrogen-bond acceptors (Lipinski definition) is 0. The Hall–Kier alpha value is -0.790. The molecule has 0 aliphatic carbocycles. The SMILES string of the molecule is CCCCCCCCCCCCCCCCCCCCCCc1n(C)cc[n+]1C. The molecule has 0 N–H and O–H groups in total. The summed E-state index contributed by atoms with van der Waals surface area (Å²) < 4.78 is 4.52. The summed E-state index contributed by atoms with van der Waals surface area (Å²) in [7, 11) is 4.32. The average Bonchev–Trinajstić information content (AvgIpc) is 3.04. The van der Waals surface area contributed by atoms with Crippen LogP contribution in [-0.2, 0) is 20.5 Å². The van der Waals surface area contributed by atoms with Crippen molar-refractivity contribution in [2.75, 3.05) is 0 Å². The number of rotatable bonds is 21. The molecule has 1 heterocycles. The zero-order chi connectivity index (χ0) is 21.0. The molecule has 1 aromatic rings. The zero-order valence-corrected chi connectivity index (χ0v) is 20.4. The van der Waals surface area contributed by atoms with Crippen LogP contribution in [0.2, 0.25) is 0 Å². The van der Waals surface area contributed by atoms with Crippen molar-refractivity contribution in [3.63, 3.8) is 0 Å². The normalized spacial score (nSPS) is 11.4. The van der Waals surface area contributed by atoms with Crippen LogP contribution in [0.5, 0.6) is 0 Å². The molecule has 0 aliphatic heterocycles. The van der Waals surface area contributed by atoms with Crippen LogP contribution in [-0.4, -0.2) is 4.57 Å². The lowest BCUT2D eigenvalue weighted by Gasteiger charge is -2.04. The Labute approximate surface area is 183 Å². The van der Waals surface area contributed by atoms with Gasteiger partial charge in [-0.15, -0.1) is 0 Å². The Bertz CT molecular complexity index is 444. The molecule has 0 bridgehead atoms. The van der Waals surface area contributed by atoms with Gasteiger partial charge in [0.25, 0.3) is 5.82 Å². The molecule has 0 saturated carbocycles. The van der Waals surface area contributed by atoms with E-state index in [1.165, 1.54) is 141 Å². The van der Waals surface area contributed by atoms with E-state index in [0.29, 0.717) is 0 Å². The van der Waals surface area contributed by atoms with Gasteiger partial charge in [0.05, 0.1) is 14.1 Å². The number of hydrogen-bond donors (Lipinski definition) is 0. The number of aromatic nitrogens is 2. The van der Waals surface area contributed by atoms with Gasteiger partial charge in [0.2, 0.25) is 0 Å². The number of aryl methyl sites for hydroxylation is 2. The summed E-state index contributed by atoms with van der Waals surface area (Å²) in [6.07, 6.45) is 34.6. The smallest absolute Gasteiger partial charge is 0.237 e. The fourth-order valence-corrected chi connectivity index (χ4v) is 4.51. The van der Waals surface area contributed by atoms with Gasteiger partial charge in [-0.2, -0.15) is 0 Å². The maximum absolute atomic E-state index is 2.30. The highest BCUT2D eigenvalue weighted by Crippen LogP contribution is 2.15. The second kappa shape index (κ2) is 19.2. The molecule has 0 spiro atoms. The third-order valence-electron chi connectivity index (χ3n) is 6.58. The molecule has 0 aromatic carbocycles. The molecular formula is C27H53N2+. The van der Waals surface area contributed by atoms with Crippen molar-refractivity contribution < 1.29 is 4.57 Å². The largest absolute Gasteiger partial charge is 0.255 e. The molecule has 0 aliphatic rings. The molecule has 0 unspecified atom stereocenters. The number of imidazole rings is 1. The molecule has 170 valence electrons. The second-order valence-electron chi connectivity index (χ2n) is 9.40. The van der Waals surface area contributed by atoms with Crippen LogP contribution in [0.1, 0.15) is 141 Å². The summed E-state index contributed by atoms with van der Waals surface area (Å²) in [5.74, 6) is 1.45. The summed E-state index contributed by atoms with van der Waals surface area (Å²) in [6.45, 7) is 2.30. The van der Waals surface area contributed by atoms with Crippen LogP contribution >= 0.6 is 0 Å². The first-order chi connectivity index (χ1) is 14.3. The van der Waals surface area contributed by atoms with Crippen LogP contribution in [0.3, 0.4) is 0 Å². The van der Waals surface area contributed by atoms with Crippen LogP contribution < -0.4 is 4.57 Å². The maximum Gasteiger partial charge on any atom is 0.255 e. The Kier molecular flexibility index (Phi) is 17.4. The van der Waals surface area contributed by atoms with Gasteiger partial charge < -0.3 is 0 Å². The average molecular weight is 406 g/mol. The summed E-state index contributed by atoms with van der Waals surface area (Å²) >= 11 is 0. The fourth-order valence-electron chi connectivity index (χ4n) is 4.51. The molecule has 2 heteroatoms. The standard InChI is InChI=1S/C27H53N2/c1-4-5-6-7-8-9-10-11-12-13-14-15-16-17-18-19-20-21-22-23-24-27-28(2)25-26-29(27)3/h25-26H,4-24H2,1-3H3/q+1. The van der Waals surface area contributed by atoms with Crippen molar-refractivity contribution in [3.8, 4) is 0 Å². The van der Waals surface area contributed by atoms with Crippen molar-refractivity contribution >= 4 is 0 Å². The van der Waals surface area contributed by atoms with E-state index in [-0.39, 0.29) is 0 Å². The van der Waals surface area contributed by atoms with E-state index < -0.39 is 0 Å². The fraction of sp³-hybridized carbons (Fsp3) is 0.889. The lowest BCUT2D eigenvalue weighted by molar-refractivity contribution is -0.678. The topological polar surface area (TPSA) is 8.81 Å². The zero-order valence-electron chi connectivity index (χ0n) is 20.4. The van der Waals surface area contributed by atoms with E-state index in [0.717, 1.165) is 0 Å². The quantitative estimate of drug-likeness (QED) is 0.144. The molecule has 0 saturated heterocycles. The van der Waals surface area contributed by atoms with Crippen molar-refractivity contribution in [2.45, 2.75) is 142 Å². The lowest BCUT2D eigenvalue weighted by atomic mass is 10.0. The third-order valence-corrected chi connectivity index (χ3v) is 6.58. The van der Waals surface area contributed by atoms with Gasteiger partial charge in [-0.3, -0.25) is 0 Å². The van der Waals surface area contributed by atoms with Gasteiger partial charge in [0, 0.05) is 6.42 Å². The predicted molar refractivity (Wildman–Crippen MR) is 128 cm³/mol. The van der Waals surface area contributed by atoms with Crippen molar-refractivity contribution in [1.82, 2.24) is 4.57 Å². The van der Waals surface area contributed by atoms with Crippen LogP contribution in [0, 0.1) is 0 Å². The van der Waals surface area contributed by atoms with E-state index in [9.17, 15) is 0 Å². The molecule has 1 rings (SSSR count). The monoisotopic (exact) mass is 405 g/mol. The Balaban J connectivity index is 1.71. The number of unbranched alkanes of at least 4 members (excludes halogenated alkanes) is 19. The highest BCUT2D eigenvalue weighted by atomic mass is 15.1. The minimum absolute atomic E-state index is 1.22. The second-order valence-corrected chi connectivity index (χ2v) is 9.40. The first-order valence-corrected chi connectivity index (χ1v) is 13.3. The first-order valence-electron chi connectivity index (χ1n) is 13.3. The van der Waals surface area contributed by atoms with Crippen LogP contribution in [0.15, 0.2) is 12.4 Å². The molecule has 29 heavy (non-hydrogen) atoms. The summed E-state index contributed by atoms with van der Waals surface area (Å²) in [6, 6.07) is 0. The van der Waals surface area contributed by atoms with E-state index in [2.05, 4.69) is 42.5 Å². The van der Waals surface area contributed by atoms with Crippen LogP contribution in [0.4, 0.5) is 0 Å². The molecule has 2 nitrogen and oxygen atoms in total. The lowest BCUT2D eigenvalue weighted by Crippen LogP contribution is -2.31. The predicted octanol–water partition coefficient (Wildman–Crippen LogP) is 8.21. The highest BCUT2D eigenvalue weighted by Gasteiger charge is 2.09. The van der Waals surface area contributed by atoms with Gasteiger partial charge in [-0.25, -0.2) is 9.13 Å². The first kappa shape index (κ1) is 26.2. The Morgan fingerprint density at radius 2 is 0.931 bits per heavy atom. The Morgan fingerprint density at radius 1 is 0.586 bits per heavy atom. The van der Waals surface area contributed by atoms with Crippen LogP contribution in [0.25, 0.3) is 0 Å². The minimum Gasteiger partial charge on any atom is -0.237 e. The van der Waals surface area contributed by atoms with E-state index in [1.54, 1.807) is 0 Å². The third kappa shape index (κ3) is 14.8. The van der Waals surface area contributed by atoms with Gasteiger partial charge >= 0.3 is 0 Å². The van der Waals surface area contributed by atoms with Gasteiger partial charge in [-0.05, 0) is 6.42 Å². The minimum atomic E-state index is 1.22. The van der Waals surface area contributed by atoms with E-state index >= 15 is 0 Å². The summed E-state index contributed by atoms with van der Waals surface area (Å²) in [4.78, 5) is 0. The highest BCUT2D eigenvalue weighted by molar-refractivity contribution is 4.81. The molecular weight excluding hydrogens is 352 g/mol. The van der Waals surface area contributed by atoms with Crippen molar-refractivity contribution in [1.29, 1.82) is 0 Å². The molecule has 0 atom stereocenters. The summed E-state index contributed by atoms with van der Waals surface area (Å²) in [5, 5.41) is 0. The molecule has 0 radical (unpaired) electrons. The van der Waals surface area contributed by atoms with Gasteiger partial charge in [0.1, 0.15) is 12.4 Å². The molecule has 0 amide bonds. The molecule has 0 fully saturated rings. The van der Waals surface area contributed by atoms with Crippen molar-refractivity contribution in [3.05, 3.63) is 18.2 Å². The van der Waals surface area contributed by atoms with E-state index in [1.807, 2.05) is 0 Å². The Morgan fingerprint density at radius 3 is 1.24 bits per heavy atom. The number of nitrogens with zero attached hydrogens (tertiary/aromatic N) is 2. The van der Waals surface area contributed by atoms with Gasteiger partial charge in [0.15, 0.2) is 0 Å². The van der Waals surface area contributed by atoms with E-state index in [4.69, 9.17) is 0 Å². The van der Waals surface area contributed by atoms with Gasteiger partial charge in [-0.1, -0.05) is 129 Å².